The molecular weight excluding hydrogens is 316 g/mol. The maximum absolute atomic E-state index is 5.68. The lowest BCUT2D eigenvalue weighted by molar-refractivity contribution is 0.309. The summed E-state index contributed by atoms with van der Waals surface area (Å²) in [6.07, 6.45) is 11.4. The Bertz CT molecular complexity index is 711. The van der Waals surface area contributed by atoms with Crippen LogP contribution in [0.1, 0.15) is 62.6 Å². The predicted molar refractivity (Wildman–Crippen MR) is 112 cm³/mol. The number of hydrogen-bond acceptors (Lipinski definition) is 1. The largest absolute Gasteiger partial charge is 0.494 e. The molecular formula is C25H30O. The first kappa shape index (κ1) is 19.9. The van der Waals surface area contributed by atoms with Gasteiger partial charge in [0, 0.05) is 11.1 Å². The Morgan fingerprint density at radius 2 is 1.38 bits per heavy atom. The van der Waals surface area contributed by atoms with Crippen molar-refractivity contribution in [2.75, 3.05) is 6.61 Å². The van der Waals surface area contributed by atoms with Crippen LogP contribution >= 0.6 is 0 Å². The van der Waals surface area contributed by atoms with Crippen LogP contribution in [0.5, 0.6) is 5.75 Å². The highest BCUT2D eigenvalue weighted by molar-refractivity contribution is 5.44. The van der Waals surface area contributed by atoms with Gasteiger partial charge in [-0.3, -0.25) is 0 Å². The Kier molecular flexibility index (Phi) is 9.15. The van der Waals surface area contributed by atoms with Crippen molar-refractivity contribution in [3.63, 3.8) is 0 Å². The molecule has 2 rings (SSSR count). The summed E-state index contributed by atoms with van der Waals surface area (Å²) in [6.45, 7) is 5.15. The SMILES string of the molecule is CCCC=CCCc1ccc(C#Cc2ccc(OCCCC)cc2)cc1. The Labute approximate surface area is 159 Å². The normalized spacial score (nSPS) is 10.5. The van der Waals surface area contributed by atoms with Gasteiger partial charge in [0.15, 0.2) is 0 Å². The second-order valence-electron chi connectivity index (χ2n) is 6.47. The second kappa shape index (κ2) is 12.0. The molecule has 136 valence electrons. The molecule has 0 spiro atoms. The number of unbranched alkanes of at least 4 members (excludes halogenated alkanes) is 2. The van der Waals surface area contributed by atoms with E-state index < -0.39 is 0 Å². The van der Waals surface area contributed by atoms with Crippen molar-refractivity contribution >= 4 is 0 Å². The summed E-state index contributed by atoms with van der Waals surface area (Å²) in [7, 11) is 0. The summed E-state index contributed by atoms with van der Waals surface area (Å²) in [6, 6.07) is 16.6. The van der Waals surface area contributed by atoms with Crippen LogP contribution in [0.4, 0.5) is 0 Å². The summed E-state index contributed by atoms with van der Waals surface area (Å²) in [5.74, 6) is 7.38. The number of ether oxygens (including phenoxy) is 1. The number of rotatable bonds is 9. The van der Waals surface area contributed by atoms with Crippen LogP contribution in [0.25, 0.3) is 0 Å². The van der Waals surface area contributed by atoms with Gasteiger partial charge in [-0.25, -0.2) is 0 Å². The molecule has 0 N–H and O–H groups in total. The number of allylic oxidation sites excluding steroid dienone is 2. The molecule has 1 nitrogen and oxygen atoms in total. The van der Waals surface area contributed by atoms with Gasteiger partial charge in [-0.05, 0) is 67.6 Å². The van der Waals surface area contributed by atoms with Gasteiger partial charge in [0.25, 0.3) is 0 Å². The average Bonchev–Trinajstić information content (AvgIpc) is 2.68. The number of hydrogen-bond donors (Lipinski definition) is 0. The van der Waals surface area contributed by atoms with E-state index >= 15 is 0 Å². The molecule has 0 radical (unpaired) electrons. The lowest BCUT2D eigenvalue weighted by Crippen LogP contribution is -1.95. The molecule has 0 aliphatic heterocycles. The minimum absolute atomic E-state index is 0.780. The third-order valence-corrected chi connectivity index (χ3v) is 4.15. The first-order chi connectivity index (χ1) is 12.8. The fraction of sp³-hybridized carbons (Fsp3) is 0.360. The first-order valence-corrected chi connectivity index (χ1v) is 9.80. The maximum Gasteiger partial charge on any atom is 0.119 e. The molecule has 0 aliphatic rings. The van der Waals surface area contributed by atoms with Crippen molar-refractivity contribution in [3.05, 3.63) is 77.4 Å². The zero-order valence-corrected chi connectivity index (χ0v) is 16.1. The molecule has 26 heavy (non-hydrogen) atoms. The van der Waals surface area contributed by atoms with Crippen LogP contribution in [-0.2, 0) is 6.42 Å². The van der Waals surface area contributed by atoms with Gasteiger partial charge in [-0.2, -0.15) is 0 Å². The van der Waals surface area contributed by atoms with Crippen molar-refractivity contribution in [1.82, 2.24) is 0 Å². The van der Waals surface area contributed by atoms with E-state index in [1.54, 1.807) is 0 Å². The Hall–Kier alpha value is -2.46. The zero-order valence-electron chi connectivity index (χ0n) is 16.1. The standard InChI is InChI=1S/C25H30O/c1-3-5-7-8-9-10-22-11-13-23(14-12-22)15-16-24-17-19-25(20-18-24)26-21-6-4-2/h7-8,11-14,17-20H,3-6,9-10,21H2,1-2H3. The molecule has 0 bridgehead atoms. The first-order valence-electron chi connectivity index (χ1n) is 9.80. The molecule has 0 unspecified atom stereocenters. The summed E-state index contributed by atoms with van der Waals surface area (Å²) < 4.78 is 5.68. The Morgan fingerprint density at radius 1 is 0.769 bits per heavy atom. The van der Waals surface area contributed by atoms with E-state index in [0.29, 0.717) is 0 Å². The van der Waals surface area contributed by atoms with Crippen molar-refractivity contribution in [2.24, 2.45) is 0 Å². The zero-order chi connectivity index (χ0) is 18.5. The van der Waals surface area contributed by atoms with Gasteiger partial charge >= 0.3 is 0 Å². The van der Waals surface area contributed by atoms with Gasteiger partial charge in [-0.15, -0.1) is 0 Å². The number of aryl methyl sites for hydroxylation is 1. The topological polar surface area (TPSA) is 9.23 Å². The van der Waals surface area contributed by atoms with E-state index in [4.69, 9.17) is 4.74 Å². The average molecular weight is 347 g/mol. The van der Waals surface area contributed by atoms with Gasteiger partial charge < -0.3 is 4.74 Å². The van der Waals surface area contributed by atoms with E-state index in [9.17, 15) is 0 Å². The van der Waals surface area contributed by atoms with Crippen LogP contribution in [0, 0.1) is 11.8 Å². The monoisotopic (exact) mass is 346 g/mol. The van der Waals surface area contributed by atoms with Gasteiger partial charge in [-0.1, -0.05) is 62.8 Å². The molecule has 0 aliphatic carbocycles. The molecule has 0 aromatic heterocycles. The fourth-order valence-electron chi connectivity index (χ4n) is 2.52. The summed E-state index contributed by atoms with van der Waals surface area (Å²) in [4.78, 5) is 0. The summed E-state index contributed by atoms with van der Waals surface area (Å²) >= 11 is 0. The van der Waals surface area contributed by atoms with Crippen LogP contribution < -0.4 is 4.74 Å². The molecule has 0 atom stereocenters. The van der Waals surface area contributed by atoms with Crippen molar-refractivity contribution < 1.29 is 4.74 Å². The third kappa shape index (κ3) is 7.62. The number of benzene rings is 2. The van der Waals surface area contributed by atoms with E-state index in [-0.39, 0.29) is 0 Å². The fourth-order valence-corrected chi connectivity index (χ4v) is 2.52. The van der Waals surface area contributed by atoms with E-state index in [1.807, 2.05) is 24.3 Å². The van der Waals surface area contributed by atoms with Crippen molar-refractivity contribution in [2.45, 2.75) is 52.4 Å². The Morgan fingerprint density at radius 3 is 2.00 bits per heavy atom. The van der Waals surface area contributed by atoms with Gasteiger partial charge in [0.2, 0.25) is 0 Å². The molecule has 0 saturated heterocycles. The molecule has 0 saturated carbocycles. The highest BCUT2D eigenvalue weighted by Gasteiger charge is 1.94. The smallest absolute Gasteiger partial charge is 0.119 e. The molecule has 2 aromatic rings. The van der Waals surface area contributed by atoms with Crippen molar-refractivity contribution in [1.29, 1.82) is 0 Å². The minimum Gasteiger partial charge on any atom is -0.494 e. The van der Waals surface area contributed by atoms with Gasteiger partial charge in [0.1, 0.15) is 5.75 Å². The lowest BCUT2D eigenvalue weighted by atomic mass is 10.1. The predicted octanol–water partition coefficient (Wildman–Crippen LogP) is 6.55. The molecule has 0 amide bonds. The molecule has 0 heterocycles. The third-order valence-electron chi connectivity index (χ3n) is 4.15. The second-order valence-corrected chi connectivity index (χ2v) is 6.47. The highest BCUT2D eigenvalue weighted by Crippen LogP contribution is 2.12. The van der Waals surface area contributed by atoms with E-state index in [1.165, 1.54) is 18.4 Å². The van der Waals surface area contributed by atoms with E-state index in [0.717, 1.165) is 49.2 Å². The Balaban J connectivity index is 1.85. The van der Waals surface area contributed by atoms with Gasteiger partial charge in [0.05, 0.1) is 6.61 Å². The maximum atomic E-state index is 5.68. The van der Waals surface area contributed by atoms with Crippen molar-refractivity contribution in [3.8, 4) is 17.6 Å². The van der Waals surface area contributed by atoms with E-state index in [2.05, 4.69) is 62.1 Å². The lowest BCUT2D eigenvalue weighted by Gasteiger charge is -2.04. The summed E-state index contributed by atoms with van der Waals surface area (Å²) in [5, 5.41) is 0. The highest BCUT2D eigenvalue weighted by atomic mass is 16.5. The molecule has 2 aromatic carbocycles. The van der Waals surface area contributed by atoms with Crippen LogP contribution in [0.15, 0.2) is 60.7 Å². The van der Waals surface area contributed by atoms with Crippen LogP contribution in [-0.4, -0.2) is 6.61 Å². The van der Waals surface area contributed by atoms with Crippen LogP contribution in [0.3, 0.4) is 0 Å². The molecule has 0 fully saturated rings. The van der Waals surface area contributed by atoms with Crippen LogP contribution in [0.2, 0.25) is 0 Å². The molecule has 1 heteroatoms. The minimum atomic E-state index is 0.780. The quantitative estimate of drug-likeness (QED) is 0.284. The summed E-state index contributed by atoms with van der Waals surface area (Å²) in [5.41, 5.74) is 3.43.